The summed E-state index contributed by atoms with van der Waals surface area (Å²) >= 11 is 0. The fourth-order valence-electron chi connectivity index (χ4n) is 3.17. The average Bonchev–Trinajstić information content (AvgIpc) is 2.92. The average molecular weight is 460 g/mol. The molecule has 0 fully saturated rings. The minimum Gasteiger partial charge on any atom is -0.382 e. The van der Waals surface area contributed by atoms with Gasteiger partial charge in [0.2, 0.25) is 0 Å². The first kappa shape index (κ1) is 22.0. The molecule has 1 unspecified atom stereocenters. The van der Waals surface area contributed by atoms with Crippen LogP contribution < -0.4 is 15.5 Å². The lowest BCUT2D eigenvalue weighted by Crippen LogP contribution is -2.43. The zero-order chi connectivity index (χ0) is 17.2. The molecule has 1 heterocycles. The first-order chi connectivity index (χ1) is 11.8. The number of hydrogen-bond donors (Lipinski definition) is 2. The lowest BCUT2D eigenvalue weighted by Gasteiger charge is -2.25. The summed E-state index contributed by atoms with van der Waals surface area (Å²) in [7, 11) is 1.82. The summed E-state index contributed by atoms with van der Waals surface area (Å²) < 4.78 is 5.35. The van der Waals surface area contributed by atoms with Crippen LogP contribution in [0, 0.1) is 0 Å². The highest BCUT2D eigenvalue weighted by Crippen LogP contribution is 2.31. The highest BCUT2D eigenvalue weighted by Gasteiger charge is 2.24. The third-order valence-corrected chi connectivity index (χ3v) is 4.43. The quantitative estimate of drug-likeness (QED) is 0.258. The van der Waals surface area contributed by atoms with Gasteiger partial charge in [0.25, 0.3) is 0 Å². The van der Waals surface area contributed by atoms with E-state index in [1.54, 1.807) is 0 Å². The van der Waals surface area contributed by atoms with Crippen molar-refractivity contribution in [2.24, 2.45) is 4.99 Å². The van der Waals surface area contributed by atoms with Crippen LogP contribution in [0.1, 0.15) is 32.3 Å². The number of aliphatic imine (C=N–C) groups is 1. The molecule has 0 aliphatic carbocycles. The predicted octanol–water partition coefficient (Wildman–Crippen LogP) is 3.04. The molecule has 2 N–H and O–H groups in total. The Kier molecular flexibility index (Phi) is 10.9. The topological polar surface area (TPSA) is 48.9 Å². The van der Waals surface area contributed by atoms with E-state index in [1.165, 1.54) is 11.3 Å². The molecule has 0 saturated carbocycles. The summed E-state index contributed by atoms with van der Waals surface area (Å²) in [6.45, 7) is 8.77. The zero-order valence-corrected chi connectivity index (χ0v) is 18.1. The minimum atomic E-state index is 0. The van der Waals surface area contributed by atoms with Gasteiger partial charge in [-0.25, -0.2) is 0 Å². The van der Waals surface area contributed by atoms with E-state index in [0.29, 0.717) is 6.04 Å². The van der Waals surface area contributed by atoms with Crippen LogP contribution >= 0.6 is 24.0 Å². The van der Waals surface area contributed by atoms with E-state index >= 15 is 0 Å². The molecule has 0 spiro atoms. The Labute approximate surface area is 169 Å². The van der Waals surface area contributed by atoms with Crippen molar-refractivity contribution in [1.82, 2.24) is 10.6 Å². The lowest BCUT2D eigenvalue weighted by molar-refractivity contribution is 0.143. The Morgan fingerprint density at radius 1 is 1.24 bits per heavy atom. The van der Waals surface area contributed by atoms with Gasteiger partial charge in [0.15, 0.2) is 5.96 Å². The number of anilines is 1. The lowest BCUT2D eigenvalue weighted by atomic mass is 10.1. The molecule has 1 aliphatic rings. The molecule has 0 saturated heterocycles. The van der Waals surface area contributed by atoms with Crippen LogP contribution in [0.4, 0.5) is 5.69 Å². The summed E-state index contributed by atoms with van der Waals surface area (Å²) in [5.41, 5.74) is 2.84. The van der Waals surface area contributed by atoms with Crippen molar-refractivity contribution >= 4 is 35.6 Å². The van der Waals surface area contributed by atoms with Gasteiger partial charge in [-0.2, -0.15) is 0 Å². The fraction of sp³-hybridized carbons (Fsp3) is 0.632. The van der Waals surface area contributed by atoms with Crippen LogP contribution in [0.2, 0.25) is 0 Å². The van der Waals surface area contributed by atoms with Gasteiger partial charge < -0.3 is 20.3 Å². The number of unbranched alkanes of at least 4 members (excludes halogenated alkanes) is 1. The Bertz CT molecular complexity index is 524. The van der Waals surface area contributed by atoms with Gasteiger partial charge in [0, 0.05) is 51.6 Å². The first-order valence-electron chi connectivity index (χ1n) is 9.13. The normalized spacial score (nSPS) is 16.4. The number of hydrogen-bond acceptors (Lipinski definition) is 3. The van der Waals surface area contributed by atoms with Crippen LogP contribution in [-0.2, 0) is 11.2 Å². The summed E-state index contributed by atoms with van der Waals surface area (Å²) in [4.78, 5) is 6.78. The smallest absolute Gasteiger partial charge is 0.191 e. The molecule has 1 aliphatic heterocycles. The first-order valence-corrected chi connectivity index (χ1v) is 9.13. The van der Waals surface area contributed by atoms with Gasteiger partial charge in [-0.3, -0.25) is 4.99 Å². The molecule has 1 aromatic carbocycles. The number of ether oxygens (including phenoxy) is 1. The Morgan fingerprint density at radius 3 is 2.76 bits per heavy atom. The monoisotopic (exact) mass is 460 g/mol. The number of fused-ring (bicyclic) bond motifs is 1. The van der Waals surface area contributed by atoms with Gasteiger partial charge in [-0.05, 0) is 44.7 Å². The van der Waals surface area contributed by atoms with Crippen molar-refractivity contribution in [3.63, 3.8) is 0 Å². The number of benzene rings is 1. The van der Waals surface area contributed by atoms with Crippen LogP contribution in [0.5, 0.6) is 0 Å². The minimum absolute atomic E-state index is 0. The maximum atomic E-state index is 5.35. The fourth-order valence-corrected chi connectivity index (χ4v) is 3.17. The summed E-state index contributed by atoms with van der Waals surface area (Å²) in [6.07, 6.45) is 3.32. The van der Waals surface area contributed by atoms with E-state index in [4.69, 9.17) is 4.74 Å². The number of para-hydroxylation sites is 1. The predicted molar refractivity (Wildman–Crippen MR) is 117 cm³/mol. The Morgan fingerprint density at radius 2 is 2.00 bits per heavy atom. The molecule has 5 nitrogen and oxygen atoms in total. The third kappa shape index (κ3) is 7.01. The second-order valence-electron chi connectivity index (χ2n) is 6.21. The molecule has 1 aromatic rings. The van der Waals surface area contributed by atoms with Crippen molar-refractivity contribution in [1.29, 1.82) is 0 Å². The Balaban J connectivity index is 0.00000312. The van der Waals surface area contributed by atoms with Crippen molar-refractivity contribution in [3.05, 3.63) is 29.8 Å². The van der Waals surface area contributed by atoms with Crippen molar-refractivity contribution in [2.75, 3.05) is 44.8 Å². The second kappa shape index (κ2) is 12.4. The van der Waals surface area contributed by atoms with E-state index < -0.39 is 0 Å². The molecule has 6 heteroatoms. The van der Waals surface area contributed by atoms with E-state index in [2.05, 4.69) is 51.7 Å². The summed E-state index contributed by atoms with van der Waals surface area (Å²) in [5.74, 6) is 0.881. The van der Waals surface area contributed by atoms with Crippen LogP contribution in [0.25, 0.3) is 0 Å². The van der Waals surface area contributed by atoms with Gasteiger partial charge in [-0.1, -0.05) is 18.2 Å². The van der Waals surface area contributed by atoms with Crippen LogP contribution in [0.3, 0.4) is 0 Å². The highest BCUT2D eigenvalue weighted by atomic mass is 127. The van der Waals surface area contributed by atoms with Crippen molar-refractivity contribution in [3.8, 4) is 0 Å². The Hall–Kier alpha value is -1.02. The van der Waals surface area contributed by atoms with Crippen LogP contribution in [-0.4, -0.2) is 51.9 Å². The maximum Gasteiger partial charge on any atom is 0.191 e. The van der Waals surface area contributed by atoms with Gasteiger partial charge in [0.1, 0.15) is 0 Å². The second-order valence-corrected chi connectivity index (χ2v) is 6.21. The highest BCUT2D eigenvalue weighted by molar-refractivity contribution is 14.0. The van der Waals surface area contributed by atoms with Crippen LogP contribution in [0.15, 0.2) is 29.3 Å². The number of nitrogens with zero attached hydrogens (tertiary/aromatic N) is 2. The molecule has 1 atom stereocenters. The number of halogens is 1. The molecular weight excluding hydrogens is 427 g/mol. The summed E-state index contributed by atoms with van der Waals surface area (Å²) in [6, 6.07) is 9.29. The van der Waals surface area contributed by atoms with E-state index in [0.717, 1.165) is 58.1 Å². The molecular formula is C19H33IN4O. The molecule has 0 bridgehead atoms. The SMILES string of the molecule is CCOCCCCNC(=NC)NCCN1c2ccccc2CC1C.I. The standard InChI is InChI=1S/C19H32N4O.HI/c1-4-24-14-8-7-11-21-19(20-3)22-12-13-23-16(2)15-17-9-5-6-10-18(17)23;/h5-6,9-10,16H,4,7-8,11-15H2,1-3H3,(H2,20,21,22);1H. The number of nitrogens with one attached hydrogen (secondary N) is 2. The molecule has 0 radical (unpaired) electrons. The van der Waals surface area contributed by atoms with Crippen molar-refractivity contribution < 1.29 is 4.74 Å². The number of rotatable bonds is 9. The van der Waals surface area contributed by atoms with E-state index in [9.17, 15) is 0 Å². The van der Waals surface area contributed by atoms with Gasteiger partial charge >= 0.3 is 0 Å². The maximum absolute atomic E-state index is 5.35. The van der Waals surface area contributed by atoms with Crippen molar-refractivity contribution in [2.45, 2.75) is 39.2 Å². The summed E-state index contributed by atoms with van der Waals surface area (Å²) in [5, 5.41) is 6.78. The third-order valence-electron chi connectivity index (χ3n) is 4.43. The largest absolute Gasteiger partial charge is 0.382 e. The molecule has 0 aromatic heterocycles. The molecule has 2 rings (SSSR count). The van der Waals surface area contributed by atoms with Gasteiger partial charge in [0.05, 0.1) is 0 Å². The van der Waals surface area contributed by atoms with E-state index in [1.807, 2.05) is 14.0 Å². The zero-order valence-electron chi connectivity index (χ0n) is 15.8. The van der Waals surface area contributed by atoms with Gasteiger partial charge in [-0.15, -0.1) is 24.0 Å². The molecule has 142 valence electrons. The molecule has 25 heavy (non-hydrogen) atoms. The van der Waals surface area contributed by atoms with E-state index in [-0.39, 0.29) is 24.0 Å². The number of guanidine groups is 1. The molecule has 0 amide bonds.